The maximum absolute atomic E-state index is 5.71. The fraction of sp³-hybridized carbons (Fsp3) is 1.00. The zero-order valence-corrected chi connectivity index (χ0v) is 10.0. The summed E-state index contributed by atoms with van der Waals surface area (Å²) in [6.07, 6.45) is 4.98. The second-order valence-corrected chi connectivity index (χ2v) is 4.69. The summed E-state index contributed by atoms with van der Waals surface area (Å²) >= 11 is 0. The van der Waals surface area contributed by atoms with Gasteiger partial charge in [-0.25, -0.2) is 0 Å². The molecule has 3 N–H and O–H groups in total. The Morgan fingerprint density at radius 1 is 1.36 bits per heavy atom. The van der Waals surface area contributed by atoms with Crippen LogP contribution in [-0.4, -0.2) is 30.6 Å². The normalized spacial score (nSPS) is 20.1. The van der Waals surface area contributed by atoms with Gasteiger partial charge < -0.3 is 4.90 Å². The van der Waals surface area contributed by atoms with Crippen molar-refractivity contribution in [1.82, 2.24) is 10.3 Å². The molecule has 0 heterocycles. The second-order valence-electron chi connectivity index (χ2n) is 4.69. The molecule has 0 spiro atoms. The van der Waals surface area contributed by atoms with Gasteiger partial charge in [0.05, 0.1) is 0 Å². The van der Waals surface area contributed by atoms with Crippen LogP contribution in [0.15, 0.2) is 0 Å². The number of hydrazine groups is 1. The summed E-state index contributed by atoms with van der Waals surface area (Å²) in [7, 11) is 4.33. The summed E-state index contributed by atoms with van der Waals surface area (Å²) in [5.74, 6) is 6.51. The summed E-state index contributed by atoms with van der Waals surface area (Å²) in [6.45, 7) is 4.52. The minimum Gasteiger partial charge on any atom is -0.302 e. The zero-order chi connectivity index (χ0) is 10.8. The predicted octanol–water partition coefficient (Wildman–Crippen LogP) is 1.35. The SMILES string of the molecule is CCC(CC)(C(NN)C1CC1)N(C)C. The van der Waals surface area contributed by atoms with Gasteiger partial charge in [0.2, 0.25) is 0 Å². The van der Waals surface area contributed by atoms with Gasteiger partial charge in [0.15, 0.2) is 0 Å². The molecule has 14 heavy (non-hydrogen) atoms. The van der Waals surface area contributed by atoms with Crippen molar-refractivity contribution in [3.8, 4) is 0 Å². The third-order valence-corrected chi connectivity index (χ3v) is 3.97. The van der Waals surface area contributed by atoms with Crippen molar-refractivity contribution in [2.24, 2.45) is 11.8 Å². The van der Waals surface area contributed by atoms with Crippen LogP contribution in [0.1, 0.15) is 39.5 Å². The van der Waals surface area contributed by atoms with Crippen LogP contribution in [0.25, 0.3) is 0 Å². The van der Waals surface area contributed by atoms with E-state index in [1.807, 2.05) is 0 Å². The van der Waals surface area contributed by atoms with E-state index in [0.29, 0.717) is 6.04 Å². The number of nitrogens with one attached hydrogen (secondary N) is 1. The topological polar surface area (TPSA) is 41.3 Å². The van der Waals surface area contributed by atoms with Crippen molar-refractivity contribution in [2.75, 3.05) is 14.1 Å². The average Bonchev–Trinajstić information content (AvgIpc) is 2.97. The first-order valence-electron chi connectivity index (χ1n) is 5.76. The monoisotopic (exact) mass is 199 g/mol. The van der Waals surface area contributed by atoms with E-state index < -0.39 is 0 Å². The fourth-order valence-corrected chi connectivity index (χ4v) is 2.76. The molecule has 0 aliphatic heterocycles. The Morgan fingerprint density at radius 2 is 1.86 bits per heavy atom. The van der Waals surface area contributed by atoms with E-state index in [0.717, 1.165) is 18.8 Å². The molecule has 0 aromatic rings. The van der Waals surface area contributed by atoms with E-state index in [1.54, 1.807) is 0 Å². The lowest BCUT2D eigenvalue weighted by atomic mass is 9.81. The van der Waals surface area contributed by atoms with Crippen molar-refractivity contribution in [3.63, 3.8) is 0 Å². The highest BCUT2D eigenvalue weighted by molar-refractivity contribution is 5.03. The van der Waals surface area contributed by atoms with E-state index in [1.165, 1.54) is 12.8 Å². The number of nitrogens with two attached hydrogens (primary N) is 1. The van der Waals surface area contributed by atoms with Crippen LogP contribution in [0.3, 0.4) is 0 Å². The number of nitrogens with zero attached hydrogens (tertiary/aromatic N) is 1. The van der Waals surface area contributed by atoms with Gasteiger partial charge in [-0.05, 0) is 45.7 Å². The lowest BCUT2D eigenvalue weighted by Crippen LogP contribution is -2.61. The number of rotatable bonds is 6. The first kappa shape index (κ1) is 12.0. The van der Waals surface area contributed by atoms with Crippen molar-refractivity contribution in [2.45, 2.75) is 51.1 Å². The molecule has 0 aromatic heterocycles. The van der Waals surface area contributed by atoms with Gasteiger partial charge in [0.25, 0.3) is 0 Å². The smallest absolute Gasteiger partial charge is 0.0422 e. The molecule has 1 atom stereocenters. The van der Waals surface area contributed by atoms with E-state index >= 15 is 0 Å². The highest BCUT2D eigenvalue weighted by Gasteiger charge is 2.45. The molecular weight excluding hydrogens is 174 g/mol. The van der Waals surface area contributed by atoms with E-state index in [2.05, 4.69) is 38.3 Å². The van der Waals surface area contributed by atoms with Crippen LogP contribution in [0, 0.1) is 5.92 Å². The quantitative estimate of drug-likeness (QED) is 0.501. The third-order valence-electron chi connectivity index (χ3n) is 3.97. The number of likely N-dealkylation sites (N-methyl/N-ethyl adjacent to an activating group) is 1. The molecule has 84 valence electrons. The predicted molar refractivity (Wildman–Crippen MR) is 60.8 cm³/mol. The zero-order valence-electron chi connectivity index (χ0n) is 10.0. The molecule has 0 amide bonds. The van der Waals surface area contributed by atoms with Gasteiger partial charge in [0, 0.05) is 11.6 Å². The molecule has 1 unspecified atom stereocenters. The molecule has 0 saturated heterocycles. The van der Waals surface area contributed by atoms with Crippen LogP contribution in [0.2, 0.25) is 0 Å². The Kier molecular flexibility index (Phi) is 3.93. The Labute approximate surface area is 88.0 Å². The third kappa shape index (κ3) is 1.95. The molecule has 0 bridgehead atoms. The number of hydrogen-bond donors (Lipinski definition) is 2. The van der Waals surface area contributed by atoms with Crippen molar-refractivity contribution in [3.05, 3.63) is 0 Å². The highest BCUT2D eigenvalue weighted by Crippen LogP contribution is 2.41. The summed E-state index contributed by atoms with van der Waals surface area (Å²) in [5, 5.41) is 0. The fourth-order valence-electron chi connectivity index (χ4n) is 2.76. The highest BCUT2D eigenvalue weighted by atomic mass is 15.3. The summed E-state index contributed by atoms with van der Waals surface area (Å²) in [4.78, 5) is 2.34. The van der Waals surface area contributed by atoms with Crippen LogP contribution in [0.5, 0.6) is 0 Å². The molecule has 1 aliphatic rings. The van der Waals surface area contributed by atoms with Gasteiger partial charge in [-0.2, -0.15) is 0 Å². The van der Waals surface area contributed by atoms with Crippen LogP contribution in [-0.2, 0) is 0 Å². The average molecular weight is 199 g/mol. The van der Waals surface area contributed by atoms with Gasteiger partial charge >= 0.3 is 0 Å². The van der Waals surface area contributed by atoms with Crippen molar-refractivity contribution < 1.29 is 0 Å². The largest absolute Gasteiger partial charge is 0.302 e. The minimum absolute atomic E-state index is 0.232. The lowest BCUT2D eigenvalue weighted by molar-refractivity contribution is 0.0781. The molecule has 0 radical (unpaired) electrons. The van der Waals surface area contributed by atoms with Crippen LogP contribution >= 0.6 is 0 Å². The van der Waals surface area contributed by atoms with E-state index in [4.69, 9.17) is 5.84 Å². The minimum atomic E-state index is 0.232. The van der Waals surface area contributed by atoms with Gasteiger partial charge in [-0.3, -0.25) is 11.3 Å². The summed E-state index contributed by atoms with van der Waals surface area (Å²) in [6, 6.07) is 0.451. The second kappa shape index (κ2) is 4.60. The molecule has 1 aliphatic carbocycles. The number of hydrogen-bond acceptors (Lipinski definition) is 3. The van der Waals surface area contributed by atoms with Crippen molar-refractivity contribution in [1.29, 1.82) is 0 Å². The van der Waals surface area contributed by atoms with Gasteiger partial charge in [-0.15, -0.1) is 0 Å². The Bertz CT molecular complexity index is 171. The standard InChI is InChI=1S/C11H25N3/c1-5-11(6-2,14(3)4)10(13-12)9-7-8-9/h9-10,13H,5-8,12H2,1-4H3. The van der Waals surface area contributed by atoms with Gasteiger partial charge in [0.1, 0.15) is 0 Å². The molecule has 0 aromatic carbocycles. The van der Waals surface area contributed by atoms with Crippen LogP contribution in [0.4, 0.5) is 0 Å². The lowest BCUT2D eigenvalue weighted by Gasteiger charge is -2.45. The molecule has 1 fully saturated rings. The van der Waals surface area contributed by atoms with Gasteiger partial charge in [-0.1, -0.05) is 13.8 Å². The molecular formula is C11H25N3. The van der Waals surface area contributed by atoms with Crippen LogP contribution < -0.4 is 11.3 Å². The summed E-state index contributed by atoms with van der Waals surface area (Å²) in [5.41, 5.74) is 3.28. The molecule has 3 nitrogen and oxygen atoms in total. The Morgan fingerprint density at radius 3 is 2.07 bits per heavy atom. The van der Waals surface area contributed by atoms with E-state index in [-0.39, 0.29) is 5.54 Å². The first-order chi connectivity index (χ1) is 6.62. The summed E-state index contributed by atoms with van der Waals surface area (Å²) < 4.78 is 0. The first-order valence-corrected chi connectivity index (χ1v) is 5.76. The van der Waals surface area contributed by atoms with E-state index in [9.17, 15) is 0 Å². The molecule has 1 saturated carbocycles. The maximum atomic E-state index is 5.71. The van der Waals surface area contributed by atoms with Crippen molar-refractivity contribution >= 4 is 0 Å². The maximum Gasteiger partial charge on any atom is 0.0422 e. The molecule has 3 heteroatoms. The molecule has 1 rings (SSSR count). The Hall–Kier alpha value is -0.120. The Balaban J connectivity index is 2.81.